The van der Waals surface area contributed by atoms with Gasteiger partial charge < -0.3 is 25.1 Å². The number of imidazole rings is 1. The third-order valence-corrected chi connectivity index (χ3v) is 5.09. The number of aliphatic hydroxyl groups is 1. The number of carbonyl (C=O) groups is 2. The lowest BCUT2D eigenvalue weighted by molar-refractivity contribution is -0.167. The molecule has 2 aromatic heterocycles. The van der Waals surface area contributed by atoms with Crippen LogP contribution in [0.15, 0.2) is 12.7 Å². The van der Waals surface area contributed by atoms with E-state index in [0.29, 0.717) is 11.2 Å². The molecule has 1 aliphatic heterocycles. The van der Waals surface area contributed by atoms with Gasteiger partial charge in [-0.2, -0.15) is 0 Å². The van der Waals surface area contributed by atoms with Crippen LogP contribution in [0.3, 0.4) is 0 Å². The second kappa shape index (κ2) is 7.74. The van der Waals surface area contributed by atoms with Crippen molar-refractivity contribution in [3.63, 3.8) is 0 Å². The van der Waals surface area contributed by atoms with Crippen LogP contribution in [0, 0.1) is 0 Å². The number of nitrogens with zero attached hydrogens (tertiary/aromatic N) is 4. The molecule has 3 N–H and O–H groups in total. The monoisotopic (exact) mass is 443 g/mol. The summed E-state index contributed by atoms with van der Waals surface area (Å²) in [5.41, 5.74) is 6.54. The van der Waals surface area contributed by atoms with E-state index in [2.05, 4.69) is 30.9 Å². The lowest BCUT2D eigenvalue weighted by Gasteiger charge is -2.24. The van der Waals surface area contributed by atoms with Gasteiger partial charge in [0, 0.05) is 13.8 Å². The number of hydrogen-bond donors (Lipinski definition) is 2. The number of halogens is 1. The summed E-state index contributed by atoms with van der Waals surface area (Å²) in [7, 11) is 0. The zero-order valence-corrected chi connectivity index (χ0v) is 16.1. The average Bonchev–Trinajstić information content (AvgIpc) is 3.15. The minimum Gasteiger partial charge on any atom is -0.462 e. The number of nitrogens with two attached hydrogens (primary N) is 1. The molecule has 5 atom stereocenters. The maximum atomic E-state index is 11.4. The first-order valence-electron chi connectivity index (χ1n) is 8.00. The Hall–Kier alpha value is -2.31. The van der Waals surface area contributed by atoms with Gasteiger partial charge >= 0.3 is 11.9 Å². The van der Waals surface area contributed by atoms with Crippen molar-refractivity contribution >= 4 is 44.9 Å². The summed E-state index contributed by atoms with van der Waals surface area (Å²) in [6.45, 7) is 2.27. The number of esters is 2. The first-order valence-corrected chi connectivity index (χ1v) is 8.92. The largest absolute Gasteiger partial charge is 0.462 e. The van der Waals surface area contributed by atoms with Crippen LogP contribution < -0.4 is 5.73 Å². The van der Waals surface area contributed by atoms with Crippen LogP contribution >= 0.6 is 15.9 Å². The number of carbonyl (C=O) groups excluding carboxylic acids is 2. The minimum atomic E-state index is -1.03. The Kier molecular flexibility index (Phi) is 5.58. The average molecular weight is 444 g/mol. The Morgan fingerprint density at radius 2 is 2.11 bits per heavy atom. The van der Waals surface area contributed by atoms with Crippen molar-refractivity contribution in [3.8, 4) is 0 Å². The number of rotatable bonds is 5. The van der Waals surface area contributed by atoms with Gasteiger partial charge in [0.05, 0.1) is 11.2 Å². The first-order chi connectivity index (χ1) is 12.8. The molecular weight excluding hydrogens is 426 g/mol. The van der Waals surface area contributed by atoms with E-state index in [9.17, 15) is 14.7 Å². The van der Waals surface area contributed by atoms with Gasteiger partial charge in [0.1, 0.15) is 30.7 Å². The molecule has 146 valence electrons. The molecule has 2 aromatic rings. The molecule has 0 aliphatic carbocycles. The molecule has 1 saturated heterocycles. The lowest BCUT2D eigenvalue weighted by atomic mass is 10.1. The topological polar surface area (TPSA) is 152 Å². The van der Waals surface area contributed by atoms with Crippen LogP contribution in [0.25, 0.3) is 11.2 Å². The molecule has 0 saturated carbocycles. The number of hydrogen-bond acceptors (Lipinski definition) is 10. The summed E-state index contributed by atoms with van der Waals surface area (Å²) in [5, 5.41) is 10.6. The van der Waals surface area contributed by atoms with E-state index in [0.717, 1.165) is 0 Å². The minimum absolute atomic E-state index is 0.200. The molecule has 0 radical (unpaired) electrons. The van der Waals surface area contributed by atoms with E-state index in [1.165, 1.54) is 31.1 Å². The van der Waals surface area contributed by atoms with Crippen LogP contribution in [0.5, 0.6) is 0 Å². The molecule has 3 heterocycles. The number of ether oxygens (including phenoxy) is 3. The van der Waals surface area contributed by atoms with Gasteiger partial charge in [0.2, 0.25) is 0 Å². The maximum Gasteiger partial charge on any atom is 0.303 e. The smallest absolute Gasteiger partial charge is 0.303 e. The fourth-order valence-corrected chi connectivity index (χ4v) is 3.58. The highest BCUT2D eigenvalue weighted by Crippen LogP contribution is 2.37. The lowest BCUT2D eigenvalue weighted by Crippen LogP contribution is -2.41. The molecule has 12 heteroatoms. The Morgan fingerprint density at radius 1 is 1.37 bits per heavy atom. The molecule has 1 aliphatic rings. The quantitative estimate of drug-likeness (QED) is 0.473. The van der Waals surface area contributed by atoms with Crippen LogP contribution in [-0.2, 0) is 23.8 Å². The van der Waals surface area contributed by atoms with Crippen molar-refractivity contribution in [2.45, 2.75) is 43.2 Å². The summed E-state index contributed by atoms with van der Waals surface area (Å²) >= 11 is 3.37. The van der Waals surface area contributed by atoms with Crippen molar-refractivity contribution in [3.05, 3.63) is 12.7 Å². The number of anilines is 1. The van der Waals surface area contributed by atoms with Gasteiger partial charge in [-0.25, -0.2) is 15.0 Å². The highest BCUT2D eigenvalue weighted by molar-refractivity contribution is 9.09. The van der Waals surface area contributed by atoms with Gasteiger partial charge in [-0.1, -0.05) is 15.9 Å². The molecule has 0 spiro atoms. The fraction of sp³-hybridized carbons (Fsp3) is 0.533. The SMILES string of the molecule is CC(=O)OC[C@@H](OC(C)=O)[C@H]1O[C@@H](n2cnc3c(N)ncnc32)[C@H](O)[C@H]1Br. The van der Waals surface area contributed by atoms with Crippen molar-refractivity contribution in [2.24, 2.45) is 0 Å². The molecule has 0 bridgehead atoms. The molecular formula is C15H18BrN5O6. The standard InChI is InChI=1S/C15H18BrN5O6/c1-6(22)25-3-8(26-7(2)23)12-9(16)11(24)15(27-12)21-5-20-10-13(17)18-4-19-14(10)21/h4-5,8-9,11-12,15,24H,3H2,1-2H3,(H2,17,18,19)/t8-,9-,11-,12-,15-/m1/s1. The zero-order chi connectivity index (χ0) is 19.7. The van der Waals surface area contributed by atoms with Crippen LogP contribution in [0.2, 0.25) is 0 Å². The Bertz CT molecular complexity index is 860. The molecule has 0 amide bonds. The maximum absolute atomic E-state index is 11.4. The van der Waals surface area contributed by atoms with Gasteiger partial charge in [-0.15, -0.1) is 0 Å². The number of fused-ring (bicyclic) bond motifs is 1. The third kappa shape index (κ3) is 3.87. The highest BCUT2D eigenvalue weighted by atomic mass is 79.9. The van der Waals surface area contributed by atoms with E-state index >= 15 is 0 Å². The van der Waals surface area contributed by atoms with E-state index in [1.54, 1.807) is 0 Å². The summed E-state index contributed by atoms with van der Waals surface area (Å²) in [4.78, 5) is 34.1. The van der Waals surface area contributed by atoms with Gasteiger partial charge in [0.25, 0.3) is 0 Å². The van der Waals surface area contributed by atoms with E-state index in [-0.39, 0.29) is 12.4 Å². The highest BCUT2D eigenvalue weighted by Gasteiger charge is 2.48. The van der Waals surface area contributed by atoms with Gasteiger partial charge in [0.15, 0.2) is 23.8 Å². The first kappa shape index (κ1) is 19.5. The van der Waals surface area contributed by atoms with Crippen LogP contribution in [-0.4, -0.2) is 66.3 Å². The number of alkyl halides is 1. The predicted molar refractivity (Wildman–Crippen MR) is 94.6 cm³/mol. The fourth-order valence-electron chi connectivity index (χ4n) is 2.86. The van der Waals surface area contributed by atoms with Gasteiger partial charge in [-0.3, -0.25) is 14.2 Å². The summed E-state index contributed by atoms with van der Waals surface area (Å²) in [6, 6.07) is 0. The number of aromatic nitrogens is 4. The molecule has 11 nitrogen and oxygen atoms in total. The van der Waals surface area contributed by atoms with Crippen LogP contribution in [0.1, 0.15) is 20.1 Å². The van der Waals surface area contributed by atoms with Crippen molar-refractivity contribution in [1.29, 1.82) is 0 Å². The summed E-state index contributed by atoms with van der Waals surface area (Å²) in [6.07, 6.45) is -0.899. The van der Waals surface area contributed by atoms with E-state index in [4.69, 9.17) is 19.9 Å². The predicted octanol–water partition coefficient (Wildman–Crippen LogP) is -0.0749. The number of aliphatic hydroxyl groups excluding tert-OH is 1. The van der Waals surface area contributed by atoms with Gasteiger partial charge in [-0.05, 0) is 0 Å². The zero-order valence-electron chi connectivity index (χ0n) is 14.5. The molecule has 27 heavy (non-hydrogen) atoms. The number of nitrogen functional groups attached to an aromatic ring is 1. The second-order valence-electron chi connectivity index (χ2n) is 5.96. The van der Waals surface area contributed by atoms with Crippen LogP contribution in [0.4, 0.5) is 5.82 Å². The van der Waals surface area contributed by atoms with Crippen molar-refractivity contribution in [1.82, 2.24) is 19.5 Å². The summed E-state index contributed by atoms with van der Waals surface area (Å²) in [5.74, 6) is -0.894. The molecule has 1 fully saturated rings. The van der Waals surface area contributed by atoms with Crippen molar-refractivity contribution in [2.75, 3.05) is 12.3 Å². The van der Waals surface area contributed by atoms with E-state index < -0.39 is 41.3 Å². The third-order valence-electron chi connectivity index (χ3n) is 4.02. The molecule has 0 aromatic carbocycles. The molecule has 3 rings (SSSR count). The Labute approximate surface area is 162 Å². The Balaban J connectivity index is 1.88. The summed E-state index contributed by atoms with van der Waals surface area (Å²) < 4.78 is 17.6. The second-order valence-corrected chi connectivity index (χ2v) is 7.02. The molecule has 0 unspecified atom stereocenters. The van der Waals surface area contributed by atoms with Crippen molar-refractivity contribution < 1.29 is 28.9 Å². The van der Waals surface area contributed by atoms with E-state index in [1.807, 2.05) is 0 Å². The normalized spacial score (nSPS) is 26.1. The Morgan fingerprint density at radius 3 is 2.78 bits per heavy atom.